The molecular formula is C12H9BrClNS. The molecule has 0 unspecified atom stereocenters. The van der Waals surface area contributed by atoms with Gasteiger partial charge in [0.2, 0.25) is 0 Å². The minimum atomic E-state index is 0.746. The van der Waals surface area contributed by atoms with E-state index in [1.807, 2.05) is 42.5 Å². The molecule has 0 aliphatic carbocycles. The molecule has 2 aromatic rings. The molecule has 0 atom stereocenters. The summed E-state index contributed by atoms with van der Waals surface area (Å²) in [5, 5.41) is 0.746. The number of nitrogen functional groups attached to an aromatic ring is 1. The Balaban J connectivity index is 2.23. The van der Waals surface area contributed by atoms with Gasteiger partial charge >= 0.3 is 0 Å². The van der Waals surface area contributed by atoms with Crippen LogP contribution in [-0.2, 0) is 0 Å². The molecule has 0 fully saturated rings. The van der Waals surface area contributed by atoms with Gasteiger partial charge < -0.3 is 5.73 Å². The number of benzene rings is 2. The van der Waals surface area contributed by atoms with E-state index >= 15 is 0 Å². The van der Waals surface area contributed by atoms with Gasteiger partial charge in [0.25, 0.3) is 0 Å². The SMILES string of the molecule is Nc1ccc(Sc2ccc(Br)cc2Cl)cc1. The van der Waals surface area contributed by atoms with Gasteiger partial charge in [-0.25, -0.2) is 0 Å². The van der Waals surface area contributed by atoms with Gasteiger partial charge in [-0.15, -0.1) is 0 Å². The Labute approximate surface area is 112 Å². The van der Waals surface area contributed by atoms with E-state index in [2.05, 4.69) is 15.9 Å². The second-order valence-corrected chi connectivity index (χ2v) is 5.68. The van der Waals surface area contributed by atoms with Gasteiger partial charge in [-0.2, -0.15) is 0 Å². The van der Waals surface area contributed by atoms with E-state index in [0.717, 1.165) is 25.0 Å². The summed E-state index contributed by atoms with van der Waals surface area (Å²) in [6.45, 7) is 0. The molecule has 0 bridgehead atoms. The lowest BCUT2D eigenvalue weighted by atomic mass is 10.3. The fourth-order valence-electron chi connectivity index (χ4n) is 1.22. The smallest absolute Gasteiger partial charge is 0.0556 e. The van der Waals surface area contributed by atoms with Gasteiger partial charge in [0.1, 0.15) is 0 Å². The summed E-state index contributed by atoms with van der Waals surface area (Å²) in [6, 6.07) is 13.6. The average molecular weight is 315 g/mol. The number of rotatable bonds is 2. The first-order chi connectivity index (χ1) is 7.65. The van der Waals surface area contributed by atoms with Crippen LogP contribution in [0.4, 0.5) is 5.69 Å². The number of halogens is 2. The Morgan fingerprint density at radius 1 is 1.06 bits per heavy atom. The molecule has 0 aromatic heterocycles. The van der Waals surface area contributed by atoms with Crippen LogP contribution < -0.4 is 5.73 Å². The highest BCUT2D eigenvalue weighted by Gasteiger charge is 2.03. The van der Waals surface area contributed by atoms with Crippen LogP contribution in [0.15, 0.2) is 56.7 Å². The van der Waals surface area contributed by atoms with Crippen LogP contribution in [0.1, 0.15) is 0 Å². The highest BCUT2D eigenvalue weighted by molar-refractivity contribution is 9.10. The highest BCUT2D eigenvalue weighted by atomic mass is 79.9. The molecule has 0 saturated heterocycles. The van der Waals surface area contributed by atoms with E-state index in [-0.39, 0.29) is 0 Å². The first kappa shape index (κ1) is 11.8. The minimum Gasteiger partial charge on any atom is -0.399 e. The maximum atomic E-state index is 6.14. The monoisotopic (exact) mass is 313 g/mol. The van der Waals surface area contributed by atoms with E-state index in [1.165, 1.54) is 0 Å². The van der Waals surface area contributed by atoms with Gasteiger partial charge in [-0.3, -0.25) is 0 Å². The molecule has 0 saturated carbocycles. The molecule has 2 aromatic carbocycles. The van der Waals surface area contributed by atoms with Gasteiger partial charge in [0, 0.05) is 20.0 Å². The van der Waals surface area contributed by atoms with Crippen molar-refractivity contribution in [2.24, 2.45) is 0 Å². The number of hydrogen-bond donors (Lipinski definition) is 1. The van der Waals surface area contributed by atoms with E-state index in [4.69, 9.17) is 17.3 Å². The normalized spacial score (nSPS) is 10.4. The van der Waals surface area contributed by atoms with Crippen molar-refractivity contribution in [3.8, 4) is 0 Å². The molecule has 82 valence electrons. The molecule has 0 spiro atoms. The topological polar surface area (TPSA) is 26.0 Å². The maximum Gasteiger partial charge on any atom is 0.0556 e. The summed E-state index contributed by atoms with van der Waals surface area (Å²) in [4.78, 5) is 2.16. The summed E-state index contributed by atoms with van der Waals surface area (Å²) in [7, 11) is 0. The molecule has 1 nitrogen and oxygen atoms in total. The molecule has 2 rings (SSSR count). The molecule has 0 aliphatic heterocycles. The van der Waals surface area contributed by atoms with E-state index in [0.29, 0.717) is 0 Å². The molecule has 0 aliphatic rings. The third-order valence-corrected chi connectivity index (χ3v) is 4.00. The standard InChI is InChI=1S/C12H9BrClNS/c13-8-1-6-12(11(14)7-8)16-10-4-2-9(15)3-5-10/h1-7H,15H2. The van der Waals surface area contributed by atoms with Crippen LogP contribution in [0.5, 0.6) is 0 Å². The van der Waals surface area contributed by atoms with Crippen LogP contribution in [0.25, 0.3) is 0 Å². The third kappa shape index (κ3) is 2.94. The minimum absolute atomic E-state index is 0.746. The van der Waals surface area contributed by atoms with Gasteiger partial charge in [-0.05, 0) is 42.5 Å². The molecule has 0 radical (unpaired) electrons. The molecule has 16 heavy (non-hydrogen) atoms. The zero-order valence-corrected chi connectivity index (χ0v) is 11.4. The van der Waals surface area contributed by atoms with Crippen LogP contribution in [0.3, 0.4) is 0 Å². The second-order valence-electron chi connectivity index (χ2n) is 3.25. The fourth-order valence-corrected chi connectivity index (χ4v) is 2.83. The van der Waals surface area contributed by atoms with Gasteiger partial charge in [0.15, 0.2) is 0 Å². The first-order valence-corrected chi connectivity index (χ1v) is 6.62. The third-order valence-electron chi connectivity index (χ3n) is 2.00. The fraction of sp³-hybridized carbons (Fsp3) is 0. The van der Waals surface area contributed by atoms with Crippen molar-refractivity contribution in [3.05, 3.63) is 52.0 Å². The van der Waals surface area contributed by atoms with Crippen molar-refractivity contribution in [2.75, 3.05) is 5.73 Å². The van der Waals surface area contributed by atoms with Crippen LogP contribution >= 0.6 is 39.3 Å². The first-order valence-electron chi connectivity index (χ1n) is 4.63. The Kier molecular flexibility index (Phi) is 3.79. The summed E-state index contributed by atoms with van der Waals surface area (Å²) in [6.07, 6.45) is 0. The summed E-state index contributed by atoms with van der Waals surface area (Å²) in [5.41, 5.74) is 6.40. The zero-order valence-electron chi connectivity index (χ0n) is 8.28. The van der Waals surface area contributed by atoms with Gasteiger partial charge in [0.05, 0.1) is 5.02 Å². The maximum absolute atomic E-state index is 6.14. The van der Waals surface area contributed by atoms with Crippen molar-refractivity contribution < 1.29 is 0 Å². The summed E-state index contributed by atoms with van der Waals surface area (Å²) < 4.78 is 0.985. The number of anilines is 1. The van der Waals surface area contributed by atoms with Crippen LogP contribution in [0.2, 0.25) is 5.02 Å². The number of hydrogen-bond acceptors (Lipinski definition) is 2. The highest BCUT2D eigenvalue weighted by Crippen LogP contribution is 2.34. The largest absolute Gasteiger partial charge is 0.399 e. The Hall–Kier alpha value is -0.640. The zero-order chi connectivity index (χ0) is 11.5. The van der Waals surface area contributed by atoms with Crippen molar-refractivity contribution in [1.82, 2.24) is 0 Å². The predicted molar refractivity (Wildman–Crippen MR) is 74.1 cm³/mol. The van der Waals surface area contributed by atoms with E-state index in [9.17, 15) is 0 Å². The molecule has 4 heteroatoms. The molecule has 2 N–H and O–H groups in total. The Morgan fingerprint density at radius 3 is 2.38 bits per heavy atom. The van der Waals surface area contributed by atoms with Crippen LogP contribution in [0, 0.1) is 0 Å². The lowest BCUT2D eigenvalue weighted by Gasteiger charge is -2.04. The number of nitrogens with two attached hydrogens (primary N) is 1. The lowest BCUT2D eigenvalue weighted by molar-refractivity contribution is 1.40. The second kappa shape index (κ2) is 5.13. The predicted octanol–water partition coefficient (Wildman–Crippen LogP) is 4.84. The Morgan fingerprint density at radius 2 is 1.75 bits per heavy atom. The van der Waals surface area contributed by atoms with E-state index < -0.39 is 0 Å². The summed E-state index contributed by atoms with van der Waals surface area (Å²) in [5.74, 6) is 0. The lowest BCUT2D eigenvalue weighted by Crippen LogP contribution is -1.82. The Bertz CT molecular complexity index is 499. The van der Waals surface area contributed by atoms with Crippen LogP contribution in [-0.4, -0.2) is 0 Å². The van der Waals surface area contributed by atoms with Crippen molar-refractivity contribution in [2.45, 2.75) is 9.79 Å². The molecular weight excluding hydrogens is 306 g/mol. The van der Waals surface area contributed by atoms with Crippen molar-refractivity contribution >= 4 is 45.0 Å². The van der Waals surface area contributed by atoms with Crippen molar-refractivity contribution in [1.29, 1.82) is 0 Å². The van der Waals surface area contributed by atoms with Gasteiger partial charge in [-0.1, -0.05) is 39.3 Å². The quantitative estimate of drug-likeness (QED) is 0.803. The molecule has 0 amide bonds. The average Bonchev–Trinajstić information content (AvgIpc) is 2.25. The van der Waals surface area contributed by atoms with Crippen molar-refractivity contribution in [3.63, 3.8) is 0 Å². The summed E-state index contributed by atoms with van der Waals surface area (Å²) >= 11 is 11.1. The molecule has 0 heterocycles. The van der Waals surface area contributed by atoms with E-state index in [1.54, 1.807) is 11.8 Å².